The average molecular weight is 679 g/mol. The number of halogens is 2. The molecule has 208 valence electrons. The normalized spacial score (nSPS) is 13.9. The van der Waals surface area contributed by atoms with Crippen LogP contribution < -0.4 is 24.8 Å². The Balaban J connectivity index is 0.000000165. The molecule has 0 bridgehead atoms. The number of hydrogen-bond acceptors (Lipinski definition) is 0. The van der Waals surface area contributed by atoms with Crippen molar-refractivity contribution in [3.05, 3.63) is 155 Å². The van der Waals surface area contributed by atoms with Crippen molar-refractivity contribution in [3.8, 4) is 22.3 Å². The summed E-state index contributed by atoms with van der Waals surface area (Å²) in [5, 5.41) is 0. The number of benzene rings is 4. The first-order chi connectivity index (χ1) is 19.6. The molecule has 0 saturated carbocycles. The Bertz CT molecular complexity index is 1610. The molecule has 0 saturated heterocycles. The largest absolute Gasteiger partial charge is 1.00 e. The van der Waals surface area contributed by atoms with Gasteiger partial charge in [0, 0.05) is 0 Å². The van der Waals surface area contributed by atoms with E-state index in [1.165, 1.54) is 66.8 Å². The summed E-state index contributed by atoms with van der Waals surface area (Å²) in [6, 6.07) is 33.5. The molecule has 42 heavy (non-hydrogen) atoms. The Labute approximate surface area is 278 Å². The van der Waals surface area contributed by atoms with Gasteiger partial charge in [0.15, 0.2) is 0 Å². The zero-order valence-electron chi connectivity index (χ0n) is 24.0. The van der Waals surface area contributed by atoms with Gasteiger partial charge in [0.1, 0.15) is 0 Å². The van der Waals surface area contributed by atoms with Gasteiger partial charge >= 0.3 is 41.9 Å². The third-order valence-corrected chi connectivity index (χ3v) is 7.64. The van der Waals surface area contributed by atoms with E-state index in [4.69, 9.17) is 0 Å². The fraction of sp³-hybridized carbons (Fsp3) is 0.158. The molecule has 0 N–H and O–H groups in total. The molecule has 0 radical (unpaired) electrons. The molecule has 0 heterocycles. The van der Waals surface area contributed by atoms with E-state index in [0.717, 1.165) is 25.7 Å². The fourth-order valence-corrected chi connectivity index (χ4v) is 5.79. The van der Waals surface area contributed by atoms with Crippen LogP contribution in [0.2, 0.25) is 13.1 Å². The van der Waals surface area contributed by atoms with E-state index in [9.17, 15) is 0 Å². The summed E-state index contributed by atoms with van der Waals surface area (Å²) in [7, 11) is 0. The minimum Gasteiger partial charge on any atom is -1.00 e. The van der Waals surface area contributed by atoms with E-state index in [1.807, 2.05) is 0 Å². The van der Waals surface area contributed by atoms with Crippen molar-refractivity contribution < 1.29 is 48.1 Å². The van der Waals surface area contributed by atoms with E-state index in [1.54, 1.807) is 23.3 Å². The van der Waals surface area contributed by atoms with E-state index in [-0.39, 0.29) is 30.2 Å². The van der Waals surface area contributed by atoms with E-state index in [2.05, 4.69) is 134 Å². The van der Waals surface area contributed by atoms with Crippen LogP contribution >= 0.6 is 0 Å². The number of fused-ring (bicyclic) bond motifs is 6. The van der Waals surface area contributed by atoms with Gasteiger partial charge in [0.2, 0.25) is 0 Å². The molecule has 0 unspecified atom stereocenters. The predicted molar refractivity (Wildman–Crippen MR) is 168 cm³/mol. The number of rotatable bonds is 2. The van der Waals surface area contributed by atoms with Gasteiger partial charge in [-0.1, -0.05) is 95.1 Å². The summed E-state index contributed by atoms with van der Waals surface area (Å²) >= 11 is 1.74. The first kappa shape index (κ1) is 32.4. The van der Waals surface area contributed by atoms with Crippen molar-refractivity contribution in [2.24, 2.45) is 0 Å². The van der Waals surface area contributed by atoms with Gasteiger partial charge in [-0.05, 0) is 36.8 Å². The van der Waals surface area contributed by atoms with Crippen LogP contribution in [0, 0.1) is 12.1 Å². The minimum atomic E-state index is 0. The molecule has 4 aromatic carbocycles. The van der Waals surface area contributed by atoms with Crippen LogP contribution in [0.5, 0.6) is 0 Å². The van der Waals surface area contributed by atoms with Gasteiger partial charge in [-0.25, -0.2) is 0 Å². The maximum atomic E-state index is 3.61. The molecule has 0 aromatic heterocycles. The topological polar surface area (TPSA) is 0 Å². The zero-order valence-corrected chi connectivity index (χ0v) is 28.9. The zero-order chi connectivity index (χ0) is 27.5. The average Bonchev–Trinajstić information content (AvgIpc) is 3.78. The van der Waals surface area contributed by atoms with E-state index in [0.29, 0.717) is 0 Å². The Morgan fingerprint density at radius 3 is 1.36 bits per heavy atom. The van der Waals surface area contributed by atoms with Crippen LogP contribution in [0.3, 0.4) is 0 Å². The molecule has 0 fully saturated rings. The Kier molecular flexibility index (Phi) is 11.4. The van der Waals surface area contributed by atoms with Crippen molar-refractivity contribution in [2.45, 2.75) is 38.8 Å². The maximum absolute atomic E-state index is 3.61. The molecule has 0 amide bonds. The summed E-state index contributed by atoms with van der Waals surface area (Å²) < 4.78 is 0. The second-order valence-electron chi connectivity index (χ2n) is 10.8. The molecular formula is C38H32Cl2SiZr-2. The molecule has 0 spiro atoms. The van der Waals surface area contributed by atoms with Gasteiger partial charge in [-0.2, -0.15) is 0 Å². The van der Waals surface area contributed by atoms with Crippen LogP contribution in [-0.4, -0.2) is 5.43 Å². The third-order valence-electron chi connectivity index (χ3n) is 7.64. The van der Waals surface area contributed by atoms with E-state index >= 15 is 0 Å². The van der Waals surface area contributed by atoms with Crippen LogP contribution in [0.25, 0.3) is 33.4 Å². The van der Waals surface area contributed by atoms with Crippen LogP contribution in [0.15, 0.2) is 109 Å². The molecule has 4 aliphatic rings. The molecule has 0 atom stereocenters. The van der Waals surface area contributed by atoms with Crippen molar-refractivity contribution in [1.29, 1.82) is 0 Å². The number of hydrogen-bond donors (Lipinski definition) is 0. The van der Waals surface area contributed by atoms with Gasteiger partial charge in [-0.15, -0.1) is 82.0 Å². The van der Waals surface area contributed by atoms with Gasteiger partial charge in [0.25, 0.3) is 0 Å². The molecule has 4 aromatic rings. The fourth-order valence-electron chi connectivity index (χ4n) is 5.79. The first-order valence-electron chi connectivity index (χ1n) is 14.1. The van der Waals surface area contributed by atoms with E-state index < -0.39 is 0 Å². The summed E-state index contributed by atoms with van der Waals surface area (Å²) in [6.07, 6.45) is 17.2. The summed E-state index contributed by atoms with van der Waals surface area (Å²) in [5.74, 6) is 0. The monoisotopic (exact) mass is 676 g/mol. The second kappa shape index (κ2) is 14.8. The molecule has 4 heteroatoms. The van der Waals surface area contributed by atoms with Crippen molar-refractivity contribution in [1.82, 2.24) is 0 Å². The smallest absolute Gasteiger partial charge is 0.0195 e. The summed E-state index contributed by atoms with van der Waals surface area (Å²) in [5.41, 5.74) is 16.5. The quantitative estimate of drug-likeness (QED) is 0.194. The maximum Gasteiger partial charge on any atom is -0.0195 e. The molecular weight excluding hydrogens is 647 g/mol. The molecule has 8 rings (SSSR count). The van der Waals surface area contributed by atoms with Crippen LogP contribution in [0.4, 0.5) is 0 Å². The Hall–Kier alpha value is -2.48. The second-order valence-corrected chi connectivity index (χ2v) is 20.2. The standard InChI is InChI=1S/2C18H13.C2H6Si.2ClH.Zr/c2*1-2-6-13(5-1)14-9-10-18-16(11-14)12-15-7-3-4-8-17(15)18;1-3-2;;;/h2*1-5,7-10H,6,12H2;1-2H3;2*1H;/q2*-1;;;;+2/p-2. The van der Waals surface area contributed by atoms with Crippen LogP contribution in [0.1, 0.15) is 46.2 Å². The van der Waals surface area contributed by atoms with Crippen molar-refractivity contribution in [2.75, 3.05) is 0 Å². The molecule has 4 aliphatic carbocycles. The van der Waals surface area contributed by atoms with Crippen molar-refractivity contribution in [3.63, 3.8) is 0 Å². The minimum absolute atomic E-state index is 0. The first-order valence-corrected chi connectivity index (χ1v) is 20.3. The van der Waals surface area contributed by atoms with Gasteiger partial charge < -0.3 is 24.8 Å². The molecule has 0 aliphatic heterocycles. The molecule has 0 nitrogen and oxygen atoms in total. The SMILES string of the molecule is C[Si](C)=[Zr+2].[Cl-].[Cl-].[c-]1c(C2=CC=CC2)ccc2c1Cc1ccccc1-2.[c-]1c(C2=CC=CC2)ccc2c1Cc1ccccc1-2. The summed E-state index contributed by atoms with van der Waals surface area (Å²) in [6.45, 7) is 4.62. The third kappa shape index (κ3) is 7.17. The number of allylic oxidation sites excluding steroid dienone is 8. The Morgan fingerprint density at radius 1 is 0.571 bits per heavy atom. The van der Waals surface area contributed by atoms with Gasteiger partial charge in [-0.3, -0.25) is 0 Å². The Morgan fingerprint density at radius 2 is 0.976 bits per heavy atom. The van der Waals surface area contributed by atoms with Gasteiger partial charge in [0.05, 0.1) is 0 Å². The predicted octanol–water partition coefficient (Wildman–Crippen LogP) is 3.59. The summed E-state index contributed by atoms with van der Waals surface area (Å²) in [4.78, 5) is 0. The van der Waals surface area contributed by atoms with Crippen molar-refractivity contribution >= 4 is 16.6 Å². The van der Waals surface area contributed by atoms with Crippen LogP contribution in [-0.2, 0) is 36.2 Å².